The Morgan fingerprint density at radius 1 is 1.05 bits per heavy atom. The fourth-order valence-corrected chi connectivity index (χ4v) is 6.72. The average molecular weight is 631 g/mol. The van der Waals surface area contributed by atoms with Gasteiger partial charge in [-0.15, -0.1) is 0 Å². The zero-order valence-corrected chi connectivity index (χ0v) is 26.7. The van der Waals surface area contributed by atoms with Crippen molar-refractivity contribution in [2.24, 2.45) is 5.11 Å². The highest BCUT2D eigenvalue weighted by molar-refractivity contribution is 8.00. The number of urea groups is 1. The average Bonchev–Trinajstić information content (AvgIpc) is 3.51. The normalized spacial score (nSPS) is 19.5. The maximum Gasteiger partial charge on any atom is 0.408 e. The van der Waals surface area contributed by atoms with Crippen LogP contribution in [-0.4, -0.2) is 71.8 Å². The van der Waals surface area contributed by atoms with Crippen LogP contribution in [0.3, 0.4) is 0 Å². The summed E-state index contributed by atoms with van der Waals surface area (Å²) in [7, 11) is 0. The smallest absolute Gasteiger partial charge is 0.408 e. The molecule has 0 aliphatic carbocycles. The summed E-state index contributed by atoms with van der Waals surface area (Å²) < 4.78 is 5.34. The third kappa shape index (κ3) is 12.5. The molecule has 2 aliphatic heterocycles. The van der Waals surface area contributed by atoms with Crippen LogP contribution in [0.5, 0.6) is 0 Å². The number of fused-ring (bicyclic) bond motifs is 1. The van der Waals surface area contributed by atoms with Gasteiger partial charge in [0, 0.05) is 47.5 Å². The van der Waals surface area contributed by atoms with Crippen LogP contribution in [0, 0.1) is 0 Å². The summed E-state index contributed by atoms with van der Waals surface area (Å²) in [5, 5.41) is 18.5. The van der Waals surface area contributed by atoms with Crippen molar-refractivity contribution < 1.29 is 23.9 Å². The quantitative estimate of drug-likeness (QED) is 0.0551. The summed E-state index contributed by atoms with van der Waals surface area (Å²) in [6.45, 7) is 6.36. The first kappa shape index (κ1) is 34.8. The van der Waals surface area contributed by atoms with Crippen molar-refractivity contribution in [3.8, 4) is 0 Å². The second-order valence-electron chi connectivity index (χ2n) is 12.2. The van der Waals surface area contributed by atoms with Crippen molar-refractivity contribution in [3.05, 3.63) is 40.3 Å². The number of benzene rings is 1. The van der Waals surface area contributed by atoms with Gasteiger partial charge in [-0.1, -0.05) is 48.6 Å². The lowest BCUT2D eigenvalue weighted by molar-refractivity contribution is -0.123. The molecule has 1 aromatic rings. The van der Waals surface area contributed by atoms with Crippen LogP contribution >= 0.6 is 11.8 Å². The minimum atomic E-state index is -0.834. The Bertz CT molecular complexity index is 1170. The number of unbranched alkanes of at least 4 members (excludes halogenated alkanes) is 4. The van der Waals surface area contributed by atoms with Gasteiger partial charge in [-0.3, -0.25) is 9.59 Å². The molecule has 0 aromatic heterocycles. The molecule has 4 atom stereocenters. The van der Waals surface area contributed by atoms with E-state index in [0.29, 0.717) is 30.4 Å². The van der Waals surface area contributed by atoms with Crippen LogP contribution < -0.4 is 26.6 Å². The van der Waals surface area contributed by atoms with E-state index in [2.05, 4.69) is 36.6 Å². The van der Waals surface area contributed by atoms with Crippen molar-refractivity contribution in [2.45, 2.75) is 108 Å². The predicted molar refractivity (Wildman–Crippen MR) is 171 cm³/mol. The zero-order valence-electron chi connectivity index (χ0n) is 25.9. The van der Waals surface area contributed by atoms with E-state index in [0.717, 1.165) is 56.3 Å². The molecule has 0 saturated carbocycles. The Morgan fingerprint density at radius 2 is 1.75 bits per heavy atom. The summed E-state index contributed by atoms with van der Waals surface area (Å²) in [6.07, 6.45) is 6.35. The number of hydrogen-bond donors (Lipinski definition) is 5. The number of hydrogen-bond acceptors (Lipinski definition) is 7. The first-order chi connectivity index (χ1) is 21.0. The van der Waals surface area contributed by atoms with Crippen LogP contribution in [0.2, 0.25) is 0 Å². The Balaban J connectivity index is 1.27. The molecule has 13 nitrogen and oxygen atoms in total. The van der Waals surface area contributed by atoms with Gasteiger partial charge in [0.2, 0.25) is 11.8 Å². The lowest BCUT2D eigenvalue weighted by atomic mass is 10.0. The molecule has 2 aliphatic rings. The Kier molecular flexibility index (Phi) is 13.9. The molecule has 2 saturated heterocycles. The molecule has 2 heterocycles. The molecule has 0 unspecified atom stereocenters. The number of thioether (sulfide) groups is 1. The number of carbonyl (C=O) groups is 4. The number of carbonyl (C=O) groups excluding carboxylic acids is 4. The van der Waals surface area contributed by atoms with Crippen LogP contribution in [0.25, 0.3) is 10.4 Å². The number of ether oxygens (including phenoxy) is 1. The van der Waals surface area contributed by atoms with Crippen molar-refractivity contribution in [1.82, 2.24) is 26.6 Å². The van der Waals surface area contributed by atoms with Gasteiger partial charge in [-0.25, -0.2) is 9.59 Å². The molecule has 0 radical (unpaired) electrons. The van der Waals surface area contributed by atoms with E-state index in [1.165, 1.54) is 0 Å². The lowest BCUT2D eigenvalue weighted by Gasteiger charge is -2.23. The minimum absolute atomic E-state index is 0.0701. The van der Waals surface area contributed by atoms with Gasteiger partial charge in [0.25, 0.3) is 0 Å². The van der Waals surface area contributed by atoms with Gasteiger partial charge in [0.15, 0.2) is 0 Å². The van der Waals surface area contributed by atoms with Crippen molar-refractivity contribution >= 4 is 41.4 Å². The van der Waals surface area contributed by atoms with Gasteiger partial charge in [-0.05, 0) is 57.5 Å². The Morgan fingerprint density at radius 3 is 2.43 bits per heavy atom. The monoisotopic (exact) mass is 630 g/mol. The molecule has 242 valence electrons. The van der Waals surface area contributed by atoms with E-state index in [1.54, 1.807) is 45.0 Å². The predicted octanol–water partition coefficient (Wildman–Crippen LogP) is 4.58. The van der Waals surface area contributed by atoms with Gasteiger partial charge in [-0.2, -0.15) is 11.8 Å². The van der Waals surface area contributed by atoms with Gasteiger partial charge < -0.3 is 31.3 Å². The van der Waals surface area contributed by atoms with Crippen molar-refractivity contribution in [3.63, 3.8) is 0 Å². The van der Waals surface area contributed by atoms with E-state index in [-0.39, 0.29) is 36.3 Å². The summed E-state index contributed by atoms with van der Waals surface area (Å²) in [5.41, 5.74) is 9.15. The van der Waals surface area contributed by atoms with Gasteiger partial charge in [0.05, 0.1) is 12.1 Å². The largest absolute Gasteiger partial charge is 0.444 e. The van der Waals surface area contributed by atoms with E-state index in [4.69, 9.17) is 10.3 Å². The number of nitrogens with zero attached hydrogens (tertiary/aromatic N) is 3. The minimum Gasteiger partial charge on any atom is -0.444 e. The second kappa shape index (κ2) is 17.6. The summed E-state index contributed by atoms with van der Waals surface area (Å²) in [5.74, 6) is 0.712. The molecule has 1 aromatic carbocycles. The molecule has 5 N–H and O–H groups in total. The number of azide groups is 1. The molecular weight excluding hydrogens is 584 g/mol. The maximum atomic E-state index is 13.0. The van der Waals surface area contributed by atoms with E-state index in [9.17, 15) is 19.2 Å². The zero-order chi connectivity index (χ0) is 32.0. The highest BCUT2D eigenvalue weighted by atomic mass is 32.2. The number of amides is 5. The van der Waals surface area contributed by atoms with Gasteiger partial charge in [0.1, 0.15) is 11.6 Å². The van der Waals surface area contributed by atoms with E-state index < -0.39 is 17.7 Å². The highest BCUT2D eigenvalue weighted by Gasteiger charge is 2.42. The van der Waals surface area contributed by atoms with Crippen molar-refractivity contribution in [1.29, 1.82) is 0 Å². The van der Waals surface area contributed by atoms with Crippen LogP contribution in [0.4, 0.5) is 15.3 Å². The molecular formula is C30H46N8O5S. The first-order valence-corrected chi connectivity index (χ1v) is 16.5. The second-order valence-corrected chi connectivity index (χ2v) is 13.5. The third-order valence-electron chi connectivity index (χ3n) is 7.35. The first-order valence-electron chi connectivity index (χ1n) is 15.4. The highest BCUT2D eigenvalue weighted by Crippen LogP contribution is 2.33. The molecule has 5 amide bonds. The fourth-order valence-electron chi connectivity index (χ4n) is 5.17. The molecule has 0 bridgehead atoms. The molecule has 2 fully saturated rings. The summed E-state index contributed by atoms with van der Waals surface area (Å²) in [6, 6.07) is 6.34. The standard InChI is InChI=1S/C30H46N8O5S/c1-30(2,3)43-29(42)35-22(18-20-12-14-21(15-13-20)37-38-31)27(40)33-17-9-5-4-8-16-32-25(39)11-7-6-10-24-26-23(19-44-24)34-28(41)36-26/h12-15,22-24,26H,4-11,16-19H2,1-3H3,(H,32,39)(H,33,40)(H,35,42)(H2,34,36,41)/t22-,23-,24-,26-/m0/s1. The Labute approximate surface area is 263 Å². The maximum absolute atomic E-state index is 13.0. The van der Waals surface area contributed by atoms with Crippen LogP contribution in [0.1, 0.15) is 77.7 Å². The summed E-state index contributed by atoms with van der Waals surface area (Å²) in [4.78, 5) is 51.8. The molecule has 3 rings (SSSR count). The number of rotatable bonds is 17. The molecule has 0 spiro atoms. The number of nitrogens with one attached hydrogen (secondary N) is 5. The molecule has 14 heteroatoms. The van der Waals surface area contributed by atoms with Crippen LogP contribution in [0.15, 0.2) is 29.4 Å². The SMILES string of the molecule is CC(C)(C)OC(=O)N[C@@H](Cc1ccc(N=[N+]=[N-])cc1)C(=O)NCCCCCCNC(=O)CCCC[C@@H]1SC[C@@H]2NC(=O)N[C@@H]21. The van der Waals surface area contributed by atoms with E-state index >= 15 is 0 Å². The van der Waals surface area contributed by atoms with Gasteiger partial charge >= 0.3 is 12.1 Å². The van der Waals surface area contributed by atoms with Crippen LogP contribution in [-0.2, 0) is 20.7 Å². The third-order valence-corrected chi connectivity index (χ3v) is 8.86. The topological polar surface area (TPSA) is 186 Å². The van der Waals surface area contributed by atoms with E-state index in [1.807, 2.05) is 11.8 Å². The lowest BCUT2D eigenvalue weighted by Crippen LogP contribution is -2.49. The van der Waals surface area contributed by atoms with Crippen molar-refractivity contribution in [2.75, 3.05) is 18.8 Å². The number of alkyl carbamates (subject to hydrolysis) is 1. The Hall–Kier alpha value is -3.64. The fraction of sp³-hybridized carbons (Fsp3) is 0.667. The summed E-state index contributed by atoms with van der Waals surface area (Å²) >= 11 is 1.89. The molecule has 44 heavy (non-hydrogen) atoms.